The van der Waals surface area contributed by atoms with Gasteiger partial charge >= 0.3 is 0 Å². The number of aromatic nitrogens is 2. The Kier molecular flexibility index (Phi) is 5.03. The quantitative estimate of drug-likeness (QED) is 0.659. The van der Waals surface area contributed by atoms with E-state index in [0.29, 0.717) is 28.9 Å². The zero-order valence-corrected chi connectivity index (χ0v) is 17.3. The second kappa shape index (κ2) is 7.82. The van der Waals surface area contributed by atoms with Gasteiger partial charge in [0.05, 0.1) is 16.6 Å². The van der Waals surface area contributed by atoms with Crippen LogP contribution in [-0.4, -0.2) is 41.3 Å². The molecule has 3 aromatic heterocycles. The van der Waals surface area contributed by atoms with E-state index in [9.17, 15) is 4.79 Å². The van der Waals surface area contributed by atoms with Crippen LogP contribution in [0.15, 0.2) is 36.8 Å². The van der Waals surface area contributed by atoms with Crippen molar-refractivity contribution in [3.8, 4) is 27.3 Å². The molecule has 2 aliphatic rings. The van der Waals surface area contributed by atoms with E-state index in [4.69, 9.17) is 21.1 Å². The number of carbonyl (C=O) groups is 1. The Hall–Kier alpha value is -2.35. The lowest BCUT2D eigenvalue weighted by Crippen LogP contribution is -2.35. The van der Waals surface area contributed by atoms with Crippen LogP contribution in [0.2, 0.25) is 4.34 Å². The molecular weight excluding hydrogens is 410 g/mol. The van der Waals surface area contributed by atoms with Gasteiger partial charge in [-0.2, -0.15) is 0 Å². The van der Waals surface area contributed by atoms with Gasteiger partial charge in [0.15, 0.2) is 0 Å². The summed E-state index contributed by atoms with van der Waals surface area (Å²) in [5.41, 5.74) is 3.39. The monoisotopic (exact) mass is 429 g/mol. The van der Waals surface area contributed by atoms with Gasteiger partial charge in [-0.25, -0.2) is 0 Å². The van der Waals surface area contributed by atoms with Crippen LogP contribution >= 0.6 is 22.9 Å². The van der Waals surface area contributed by atoms with Gasteiger partial charge in [0.1, 0.15) is 18.1 Å². The molecular formula is C21H20ClN3O3S. The number of ether oxygens (including phenoxy) is 2. The number of rotatable bonds is 5. The smallest absolute Gasteiger partial charge is 0.268 e. The van der Waals surface area contributed by atoms with Crippen molar-refractivity contribution in [1.82, 2.24) is 14.9 Å². The molecule has 1 amide bonds. The Balaban J connectivity index is 1.60. The first-order chi connectivity index (χ1) is 14.2. The average molecular weight is 430 g/mol. The maximum atomic E-state index is 12.7. The van der Waals surface area contributed by atoms with Crippen LogP contribution in [0.3, 0.4) is 0 Å². The highest BCUT2D eigenvalue weighted by Gasteiger charge is 2.28. The molecule has 0 aliphatic carbocycles. The fraction of sp³-hybridized carbons (Fsp3) is 0.333. The van der Waals surface area contributed by atoms with Crippen LogP contribution in [0, 0.1) is 0 Å². The van der Waals surface area contributed by atoms with Crippen molar-refractivity contribution in [1.29, 1.82) is 0 Å². The largest absolute Gasteiger partial charge is 0.489 e. The summed E-state index contributed by atoms with van der Waals surface area (Å²) < 4.78 is 14.5. The molecule has 5 rings (SSSR count). The third-order valence-electron chi connectivity index (χ3n) is 5.27. The number of amides is 1. The van der Waals surface area contributed by atoms with Gasteiger partial charge in [-0.1, -0.05) is 11.6 Å². The fourth-order valence-corrected chi connectivity index (χ4v) is 5.03. The van der Waals surface area contributed by atoms with Crippen LogP contribution in [0.25, 0.3) is 21.6 Å². The van der Waals surface area contributed by atoms with Crippen LogP contribution in [-0.2, 0) is 11.3 Å². The Bertz CT molecular complexity index is 1060. The second-order valence-corrected chi connectivity index (χ2v) is 8.85. The highest BCUT2D eigenvalue weighted by molar-refractivity contribution is 7.19. The molecule has 0 aromatic carbocycles. The number of thiophene rings is 1. The molecule has 0 bridgehead atoms. The van der Waals surface area contributed by atoms with Crippen molar-refractivity contribution in [2.24, 2.45) is 0 Å². The molecule has 1 N–H and O–H groups in total. The second-order valence-electron chi connectivity index (χ2n) is 7.14. The number of carbonyl (C=O) groups excluding carboxylic acids is 1. The van der Waals surface area contributed by atoms with Crippen molar-refractivity contribution in [2.75, 3.05) is 19.8 Å². The molecule has 5 heterocycles. The minimum atomic E-state index is -0.0714. The summed E-state index contributed by atoms with van der Waals surface area (Å²) in [5, 5.41) is 2.95. The van der Waals surface area contributed by atoms with E-state index in [2.05, 4.69) is 10.3 Å². The topological polar surface area (TPSA) is 65.4 Å². The normalized spacial score (nSPS) is 18.5. The van der Waals surface area contributed by atoms with Crippen LogP contribution in [0.5, 0.6) is 5.75 Å². The SMILES string of the molecule is O=C1NCCn2cc(-c3ccncc3OC[C@H]3CCCO3)c(-c3ccc(Cl)s3)c21. The predicted molar refractivity (Wildman–Crippen MR) is 113 cm³/mol. The van der Waals surface area contributed by atoms with Gasteiger partial charge in [0.25, 0.3) is 5.91 Å². The number of hydrogen-bond donors (Lipinski definition) is 1. The number of halogens is 1. The van der Waals surface area contributed by atoms with E-state index >= 15 is 0 Å². The molecule has 6 nitrogen and oxygen atoms in total. The average Bonchev–Trinajstić information content (AvgIpc) is 3.46. The molecule has 1 fully saturated rings. The molecule has 0 saturated carbocycles. The van der Waals surface area contributed by atoms with Crippen molar-refractivity contribution < 1.29 is 14.3 Å². The first-order valence-electron chi connectivity index (χ1n) is 9.66. The van der Waals surface area contributed by atoms with Crippen molar-refractivity contribution in [3.63, 3.8) is 0 Å². The third kappa shape index (κ3) is 3.54. The summed E-state index contributed by atoms with van der Waals surface area (Å²) in [4.78, 5) is 17.9. The maximum absolute atomic E-state index is 12.7. The molecule has 1 atom stereocenters. The molecule has 2 aliphatic heterocycles. The van der Waals surface area contributed by atoms with E-state index in [1.807, 2.05) is 29.0 Å². The third-order valence-corrected chi connectivity index (χ3v) is 6.52. The Labute approximate surface area is 177 Å². The Morgan fingerprint density at radius 3 is 3.07 bits per heavy atom. The maximum Gasteiger partial charge on any atom is 0.268 e. The molecule has 0 radical (unpaired) electrons. The summed E-state index contributed by atoms with van der Waals surface area (Å²) in [6.45, 7) is 2.62. The first kappa shape index (κ1) is 18.7. The number of nitrogens with zero attached hydrogens (tertiary/aromatic N) is 2. The zero-order chi connectivity index (χ0) is 19.8. The van der Waals surface area contributed by atoms with Crippen molar-refractivity contribution in [3.05, 3.63) is 46.8 Å². The molecule has 29 heavy (non-hydrogen) atoms. The predicted octanol–water partition coefficient (Wildman–Crippen LogP) is 4.23. The van der Waals surface area contributed by atoms with Gasteiger partial charge in [-0.3, -0.25) is 9.78 Å². The van der Waals surface area contributed by atoms with E-state index < -0.39 is 0 Å². The number of hydrogen-bond acceptors (Lipinski definition) is 5. The van der Waals surface area contributed by atoms with Crippen LogP contribution in [0.4, 0.5) is 0 Å². The summed E-state index contributed by atoms with van der Waals surface area (Å²) in [7, 11) is 0. The van der Waals surface area contributed by atoms with E-state index in [1.165, 1.54) is 11.3 Å². The lowest BCUT2D eigenvalue weighted by molar-refractivity contribution is 0.0680. The minimum absolute atomic E-state index is 0.0714. The Morgan fingerprint density at radius 2 is 2.28 bits per heavy atom. The van der Waals surface area contributed by atoms with E-state index in [1.54, 1.807) is 12.4 Å². The molecule has 0 unspecified atom stereocenters. The number of fused-ring (bicyclic) bond motifs is 1. The number of pyridine rings is 1. The first-order valence-corrected chi connectivity index (χ1v) is 10.9. The van der Waals surface area contributed by atoms with Gasteiger partial charge < -0.3 is 19.4 Å². The minimum Gasteiger partial charge on any atom is -0.489 e. The standard InChI is InChI=1S/C21H20ClN3O3S/c22-18-4-3-17(29-18)19-15(11-25-8-7-24-21(26)20(19)25)14-5-6-23-10-16(14)28-12-13-2-1-9-27-13/h3-6,10-11,13H,1-2,7-9,12H2,(H,24,26)/t13-/m1/s1. The highest BCUT2D eigenvalue weighted by Crippen LogP contribution is 2.44. The Morgan fingerprint density at radius 1 is 1.34 bits per heavy atom. The van der Waals surface area contributed by atoms with Crippen molar-refractivity contribution >= 4 is 28.8 Å². The van der Waals surface area contributed by atoms with Gasteiger partial charge in [-0.05, 0) is 31.0 Å². The van der Waals surface area contributed by atoms with Gasteiger partial charge in [-0.15, -0.1) is 11.3 Å². The van der Waals surface area contributed by atoms with Gasteiger partial charge in [0, 0.05) is 53.7 Å². The highest BCUT2D eigenvalue weighted by atomic mass is 35.5. The summed E-state index contributed by atoms with van der Waals surface area (Å²) in [6, 6.07) is 5.75. The summed E-state index contributed by atoms with van der Waals surface area (Å²) >= 11 is 7.68. The van der Waals surface area contributed by atoms with Gasteiger partial charge in [0.2, 0.25) is 0 Å². The zero-order valence-electron chi connectivity index (χ0n) is 15.7. The van der Waals surface area contributed by atoms with E-state index in [-0.39, 0.29) is 12.0 Å². The lowest BCUT2D eigenvalue weighted by atomic mass is 10.0. The lowest BCUT2D eigenvalue weighted by Gasteiger charge is -2.17. The number of nitrogens with one attached hydrogen (secondary N) is 1. The summed E-state index contributed by atoms with van der Waals surface area (Å²) in [6.07, 6.45) is 7.70. The fourth-order valence-electron chi connectivity index (χ4n) is 3.93. The summed E-state index contributed by atoms with van der Waals surface area (Å²) in [5.74, 6) is 0.619. The molecule has 1 saturated heterocycles. The molecule has 0 spiro atoms. The van der Waals surface area contributed by atoms with E-state index in [0.717, 1.165) is 47.6 Å². The van der Waals surface area contributed by atoms with Crippen LogP contribution in [0.1, 0.15) is 23.3 Å². The molecule has 150 valence electrons. The van der Waals surface area contributed by atoms with Crippen molar-refractivity contribution in [2.45, 2.75) is 25.5 Å². The van der Waals surface area contributed by atoms with Crippen LogP contribution < -0.4 is 10.1 Å². The molecule has 8 heteroatoms. The molecule has 3 aromatic rings.